The highest BCUT2D eigenvalue weighted by Gasteiger charge is 1.90. The molecular formula is C4H4Cl2O2. The van der Waals surface area contributed by atoms with Crippen molar-refractivity contribution in [2.75, 3.05) is 0 Å². The van der Waals surface area contributed by atoms with Crippen molar-refractivity contribution >= 4 is 29.2 Å². The maximum atomic E-state index is 9.74. The summed E-state index contributed by atoms with van der Waals surface area (Å²) in [6.45, 7) is 0. The number of carbonyl (C=O) groups is 1. The second-order valence-electron chi connectivity index (χ2n) is 1.09. The van der Waals surface area contributed by atoms with Gasteiger partial charge in [-0.15, -0.1) is 0 Å². The third kappa shape index (κ3) is 5.79. The summed E-state index contributed by atoms with van der Waals surface area (Å²) in [5.74, 6) is -0.941. The van der Waals surface area contributed by atoms with Crippen LogP contribution in [0.3, 0.4) is 0 Å². The average molecular weight is 155 g/mol. The number of carboxylic acid groups (broad SMARTS) is 1. The smallest absolute Gasteiger partial charge is 0.307 e. The lowest BCUT2D eigenvalue weighted by atomic mass is 10.4. The van der Waals surface area contributed by atoms with Crippen molar-refractivity contribution in [3.8, 4) is 0 Å². The summed E-state index contributed by atoms with van der Waals surface area (Å²) in [7, 11) is 0. The van der Waals surface area contributed by atoms with E-state index in [0.717, 1.165) is 0 Å². The van der Waals surface area contributed by atoms with Gasteiger partial charge in [0.2, 0.25) is 0 Å². The molecule has 0 rings (SSSR count). The highest BCUT2D eigenvalue weighted by molar-refractivity contribution is 6.55. The van der Waals surface area contributed by atoms with Crippen LogP contribution in [-0.2, 0) is 4.79 Å². The van der Waals surface area contributed by atoms with Gasteiger partial charge in [0, 0.05) is 0 Å². The first-order valence-electron chi connectivity index (χ1n) is 1.86. The van der Waals surface area contributed by atoms with Crippen molar-refractivity contribution in [3.63, 3.8) is 0 Å². The molecule has 46 valence electrons. The van der Waals surface area contributed by atoms with Gasteiger partial charge < -0.3 is 5.11 Å². The molecule has 0 bridgehead atoms. The molecule has 0 aliphatic rings. The van der Waals surface area contributed by atoms with Crippen molar-refractivity contribution in [2.24, 2.45) is 0 Å². The van der Waals surface area contributed by atoms with Gasteiger partial charge in [-0.25, -0.2) is 0 Å². The van der Waals surface area contributed by atoms with E-state index >= 15 is 0 Å². The van der Waals surface area contributed by atoms with Gasteiger partial charge in [0.1, 0.15) is 4.49 Å². The van der Waals surface area contributed by atoms with Gasteiger partial charge in [-0.05, 0) is 6.08 Å². The van der Waals surface area contributed by atoms with Gasteiger partial charge in [-0.3, -0.25) is 4.79 Å². The van der Waals surface area contributed by atoms with Crippen LogP contribution in [0.4, 0.5) is 0 Å². The molecule has 0 aliphatic carbocycles. The monoisotopic (exact) mass is 154 g/mol. The number of aliphatic carboxylic acids is 1. The van der Waals surface area contributed by atoms with E-state index in [0.29, 0.717) is 0 Å². The molecule has 0 radical (unpaired) electrons. The molecule has 0 unspecified atom stereocenters. The van der Waals surface area contributed by atoms with Crippen LogP contribution in [-0.4, -0.2) is 11.1 Å². The third-order valence-corrected chi connectivity index (χ3v) is 0.740. The number of hydrogen-bond acceptors (Lipinski definition) is 1. The maximum Gasteiger partial charge on any atom is 0.307 e. The minimum absolute atomic E-state index is 0.00704. The minimum Gasteiger partial charge on any atom is -0.481 e. The zero-order valence-corrected chi connectivity index (χ0v) is 5.41. The molecule has 0 spiro atoms. The molecule has 0 saturated carbocycles. The second kappa shape index (κ2) is 3.75. The van der Waals surface area contributed by atoms with Crippen molar-refractivity contribution in [1.29, 1.82) is 0 Å². The predicted octanol–water partition coefficient (Wildman–Crippen LogP) is 1.78. The summed E-state index contributed by atoms with van der Waals surface area (Å²) >= 11 is 10.2. The highest BCUT2D eigenvalue weighted by atomic mass is 35.5. The Hall–Kier alpha value is -0.210. The molecule has 0 amide bonds. The van der Waals surface area contributed by atoms with Crippen molar-refractivity contribution in [3.05, 3.63) is 10.6 Å². The fourth-order valence-electron chi connectivity index (χ4n) is 0.164. The van der Waals surface area contributed by atoms with Gasteiger partial charge >= 0.3 is 5.97 Å². The number of halogens is 2. The molecule has 1 N–H and O–H groups in total. The summed E-state index contributed by atoms with van der Waals surface area (Å²) in [5.41, 5.74) is 0. The largest absolute Gasteiger partial charge is 0.481 e. The Morgan fingerprint density at radius 2 is 2.12 bits per heavy atom. The first-order valence-corrected chi connectivity index (χ1v) is 2.61. The Bertz CT molecular complexity index is 115. The van der Waals surface area contributed by atoms with Crippen LogP contribution in [0.15, 0.2) is 10.6 Å². The van der Waals surface area contributed by atoms with E-state index in [9.17, 15) is 4.79 Å². The summed E-state index contributed by atoms with van der Waals surface area (Å²) in [4.78, 5) is 9.74. The normalized spacial score (nSPS) is 8.25. The zero-order valence-electron chi connectivity index (χ0n) is 3.90. The molecule has 0 aromatic heterocycles. The molecule has 0 aromatic rings. The quantitative estimate of drug-likeness (QED) is 0.659. The predicted molar refractivity (Wildman–Crippen MR) is 32.0 cm³/mol. The first kappa shape index (κ1) is 7.79. The van der Waals surface area contributed by atoms with E-state index in [1.54, 1.807) is 0 Å². The van der Waals surface area contributed by atoms with Gasteiger partial charge in [-0.1, -0.05) is 23.2 Å². The average Bonchev–Trinajstić information content (AvgIpc) is 1.61. The summed E-state index contributed by atoms with van der Waals surface area (Å²) < 4.78 is -0.00704. The summed E-state index contributed by atoms with van der Waals surface area (Å²) in [6.07, 6.45) is 1.09. The first-order chi connectivity index (χ1) is 3.63. The van der Waals surface area contributed by atoms with Crippen LogP contribution in [0.25, 0.3) is 0 Å². The summed E-state index contributed by atoms with van der Waals surface area (Å²) in [5, 5.41) is 8.00. The Balaban J connectivity index is 3.45. The lowest BCUT2D eigenvalue weighted by Gasteiger charge is -1.81. The van der Waals surface area contributed by atoms with Crippen molar-refractivity contribution < 1.29 is 9.90 Å². The van der Waals surface area contributed by atoms with Crippen LogP contribution in [0.5, 0.6) is 0 Å². The van der Waals surface area contributed by atoms with E-state index in [1.807, 2.05) is 0 Å². The van der Waals surface area contributed by atoms with Gasteiger partial charge in [0.25, 0.3) is 0 Å². The van der Waals surface area contributed by atoms with Crippen LogP contribution < -0.4 is 0 Å². The van der Waals surface area contributed by atoms with E-state index in [2.05, 4.69) is 0 Å². The Kier molecular flexibility index (Phi) is 3.65. The van der Waals surface area contributed by atoms with E-state index in [-0.39, 0.29) is 10.9 Å². The zero-order chi connectivity index (χ0) is 6.57. The molecule has 0 aliphatic heterocycles. The maximum absolute atomic E-state index is 9.74. The number of hydrogen-bond donors (Lipinski definition) is 1. The SMILES string of the molecule is O=C(O)CC=C(Cl)Cl. The molecule has 0 fully saturated rings. The fraction of sp³-hybridized carbons (Fsp3) is 0.250. The second-order valence-corrected chi connectivity index (χ2v) is 2.10. The molecular weight excluding hydrogens is 151 g/mol. The topological polar surface area (TPSA) is 37.3 Å². The van der Waals surface area contributed by atoms with Crippen LogP contribution in [0, 0.1) is 0 Å². The molecule has 0 aromatic carbocycles. The van der Waals surface area contributed by atoms with Crippen LogP contribution in [0.1, 0.15) is 6.42 Å². The molecule has 0 atom stereocenters. The Morgan fingerprint density at radius 3 is 2.25 bits per heavy atom. The van der Waals surface area contributed by atoms with E-state index in [1.165, 1.54) is 6.08 Å². The summed E-state index contributed by atoms with van der Waals surface area (Å²) in [6, 6.07) is 0. The lowest BCUT2D eigenvalue weighted by molar-refractivity contribution is -0.135. The fourth-order valence-corrected chi connectivity index (χ4v) is 0.319. The number of rotatable bonds is 2. The van der Waals surface area contributed by atoms with Gasteiger partial charge in [-0.2, -0.15) is 0 Å². The van der Waals surface area contributed by atoms with Crippen LogP contribution in [0.2, 0.25) is 0 Å². The molecule has 8 heavy (non-hydrogen) atoms. The molecule has 0 saturated heterocycles. The van der Waals surface area contributed by atoms with Gasteiger partial charge in [0.15, 0.2) is 0 Å². The van der Waals surface area contributed by atoms with E-state index in [4.69, 9.17) is 28.3 Å². The van der Waals surface area contributed by atoms with Gasteiger partial charge in [0.05, 0.1) is 6.42 Å². The molecule has 2 nitrogen and oxygen atoms in total. The third-order valence-electron chi connectivity index (χ3n) is 0.431. The lowest BCUT2D eigenvalue weighted by Crippen LogP contribution is -1.89. The highest BCUT2D eigenvalue weighted by Crippen LogP contribution is 2.06. The van der Waals surface area contributed by atoms with Crippen LogP contribution >= 0.6 is 23.2 Å². The standard InChI is InChI=1S/C4H4Cl2O2/c5-3(6)1-2-4(7)8/h1H,2H2,(H,7,8). The number of carboxylic acids is 1. The van der Waals surface area contributed by atoms with Crippen molar-refractivity contribution in [1.82, 2.24) is 0 Å². The molecule has 0 heterocycles. The molecule has 4 heteroatoms. The Labute approximate surface area is 56.7 Å². The van der Waals surface area contributed by atoms with Crippen molar-refractivity contribution in [2.45, 2.75) is 6.42 Å². The minimum atomic E-state index is -0.941. The van der Waals surface area contributed by atoms with E-state index < -0.39 is 5.97 Å². The Morgan fingerprint density at radius 1 is 1.62 bits per heavy atom.